The lowest BCUT2D eigenvalue weighted by molar-refractivity contribution is -0.129. The Bertz CT molecular complexity index is 977. The van der Waals surface area contributed by atoms with Gasteiger partial charge < -0.3 is 10.1 Å². The summed E-state index contributed by atoms with van der Waals surface area (Å²) >= 11 is 0. The molecule has 0 bridgehead atoms. The predicted molar refractivity (Wildman–Crippen MR) is 106 cm³/mol. The fourth-order valence-electron chi connectivity index (χ4n) is 3.34. The number of carbonyl (C=O) groups excluding carboxylic acids is 2. The van der Waals surface area contributed by atoms with Gasteiger partial charge in [0.15, 0.2) is 11.8 Å². The van der Waals surface area contributed by atoms with Crippen LogP contribution in [-0.2, 0) is 16.6 Å². The first-order valence-electron chi connectivity index (χ1n) is 9.60. The lowest BCUT2D eigenvalue weighted by Gasteiger charge is -2.16. The number of esters is 1. The van der Waals surface area contributed by atoms with Crippen molar-refractivity contribution in [3.8, 4) is 0 Å². The summed E-state index contributed by atoms with van der Waals surface area (Å²) in [7, 11) is 1.47. The van der Waals surface area contributed by atoms with Crippen LogP contribution >= 0.6 is 0 Å². The SMILES string of the molecule is C[C@@H](OC(=O)c1nn(C)c(=O)c2ccccc12)C(=O)NCCC1=CCCCC1. The van der Waals surface area contributed by atoms with E-state index in [0.717, 1.165) is 23.9 Å². The highest BCUT2D eigenvalue weighted by Gasteiger charge is 2.22. The van der Waals surface area contributed by atoms with Crippen molar-refractivity contribution < 1.29 is 14.3 Å². The van der Waals surface area contributed by atoms with Crippen molar-refractivity contribution >= 4 is 22.6 Å². The highest BCUT2D eigenvalue weighted by atomic mass is 16.5. The van der Waals surface area contributed by atoms with Crippen molar-refractivity contribution in [3.63, 3.8) is 0 Å². The summed E-state index contributed by atoms with van der Waals surface area (Å²) in [6.45, 7) is 2.05. The van der Waals surface area contributed by atoms with Gasteiger partial charge in [0, 0.05) is 19.0 Å². The Hall–Kier alpha value is -2.96. The Morgan fingerprint density at radius 3 is 2.71 bits per heavy atom. The molecule has 0 spiro atoms. The van der Waals surface area contributed by atoms with Crippen molar-refractivity contribution in [3.05, 3.63) is 52.0 Å². The minimum Gasteiger partial charge on any atom is -0.448 e. The van der Waals surface area contributed by atoms with Crippen molar-refractivity contribution in [2.45, 2.75) is 45.1 Å². The number of hydrogen-bond donors (Lipinski definition) is 1. The van der Waals surface area contributed by atoms with Gasteiger partial charge in [0.25, 0.3) is 11.5 Å². The van der Waals surface area contributed by atoms with Gasteiger partial charge in [-0.3, -0.25) is 9.59 Å². The molecule has 0 fully saturated rings. The molecule has 3 rings (SSSR count). The van der Waals surface area contributed by atoms with Crippen LogP contribution in [0.2, 0.25) is 0 Å². The molecule has 7 nitrogen and oxygen atoms in total. The van der Waals surface area contributed by atoms with E-state index in [2.05, 4.69) is 16.5 Å². The van der Waals surface area contributed by atoms with Gasteiger partial charge in [-0.1, -0.05) is 29.8 Å². The Morgan fingerprint density at radius 1 is 1.25 bits per heavy atom. The van der Waals surface area contributed by atoms with Crippen LogP contribution in [0.4, 0.5) is 0 Å². The van der Waals surface area contributed by atoms with Gasteiger partial charge in [-0.15, -0.1) is 0 Å². The number of nitrogens with zero attached hydrogens (tertiary/aromatic N) is 2. The van der Waals surface area contributed by atoms with Crippen LogP contribution in [0.5, 0.6) is 0 Å². The second-order valence-corrected chi connectivity index (χ2v) is 7.02. The van der Waals surface area contributed by atoms with Crippen LogP contribution in [0, 0.1) is 0 Å². The van der Waals surface area contributed by atoms with E-state index in [4.69, 9.17) is 4.74 Å². The molecule has 28 heavy (non-hydrogen) atoms. The molecule has 0 radical (unpaired) electrons. The molecular formula is C21H25N3O4. The van der Waals surface area contributed by atoms with Crippen LogP contribution < -0.4 is 10.9 Å². The number of rotatable bonds is 6. The number of aryl methyl sites for hydroxylation is 1. The Balaban J connectivity index is 1.63. The zero-order valence-electron chi connectivity index (χ0n) is 16.2. The summed E-state index contributed by atoms with van der Waals surface area (Å²) in [6, 6.07) is 6.71. The number of fused-ring (bicyclic) bond motifs is 1. The highest BCUT2D eigenvalue weighted by Crippen LogP contribution is 2.19. The van der Waals surface area contributed by atoms with E-state index in [9.17, 15) is 14.4 Å². The van der Waals surface area contributed by atoms with Gasteiger partial charge in [-0.05, 0) is 45.1 Å². The van der Waals surface area contributed by atoms with Gasteiger partial charge in [-0.2, -0.15) is 5.10 Å². The molecule has 0 saturated heterocycles. The van der Waals surface area contributed by atoms with Gasteiger partial charge in [-0.25, -0.2) is 9.48 Å². The number of allylic oxidation sites excluding steroid dienone is 1. The molecule has 1 N–H and O–H groups in total. The standard InChI is InChI=1S/C21H25N3O4/c1-14(19(25)22-13-12-15-8-4-3-5-9-15)28-21(27)18-16-10-6-7-11-17(16)20(26)24(2)23-18/h6-8,10-11,14H,3-5,9,12-13H2,1-2H3,(H,22,25)/t14-/m1/s1. The average Bonchev–Trinajstić information content (AvgIpc) is 2.71. The summed E-state index contributed by atoms with van der Waals surface area (Å²) in [4.78, 5) is 37.0. The first-order chi connectivity index (χ1) is 13.5. The molecule has 1 atom stereocenters. The van der Waals surface area contributed by atoms with Crippen LogP contribution in [0.1, 0.15) is 49.5 Å². The number of benzene rings is 1. The number of carbonyl (C=O) groups is 2. The number of nitrogens with one attached hydrogen (secondary N) is 1. The maximum Gasteiger partial charge on any atom is 0.360 e. The molecule has 0 unspecified atom stereocenters. The van der Waals surface area contributed by atoms with E-state index in [1.807, 2.05) is 0 Å². The molecule has 1 aliphatic carbocycles. The van der Waals surface area contributed by atoms with Crippen molar-refractivity contribution in [1.29, 1.82) is 0 Å². The maximum absolute atomic E-state index is 12.6. The summed E-state index contributed by atoms with van der Waals surface area (Å²) < 4.78 is 6.40. The molecule has 148 valence electrons. The minimum atomic E-state index is -0.953. The molecular weight excluding hydrogens is 358 g/mol. The average molecular weight is 383 g/mol. The molecule has 1 aliphatic rings. The maximum atomic E-state index is 12.6. The van der Waals surface area contributed by atoms with E-state index in [-0.39, 0.29) is 17.2 Å². The van der Waals surface area contributed by atoms with Crippen molar-refractivity contribution in [2.24, 2.45) is 7.05 Å². The van der Waals surface area contributed by atoms with Crippen LogP contribution in [0.15, 0.2) is 40.7 Å². The lowest BCUT2D eigenvalue weighted by Crippen LogP contribution is -2.37. The van der Waals surface area contributed by atoms with Crippen LogP contribution in [0.3, 0.4) is 0 Å². The van der Waals surface area contributed by atoms with Gasteiger partial charge in [0.2, 0.25) is 0 Å². The quantitative estimate of drug-likeness (QED) is 0.611. The van der Waals surface area contributed by atoms with E-state index in [1.54, 1.807) is 24.3 Å². The molecule has 1 heterocycles. The molecule has 0 saturated carbocycles. The van der Waals surface area contributed by atoms with Crippen LogP contribution in [-0.4, -0.2) is 34.3 Å². The van der Waals surface area contributed by atoms with E-state index < -0.39 is 12.1 Å². The number of ether oxygens (including phenoxy) is 1. The van der Waals surface area contributed by atoms with Crippen LogP contribution in [0.25, 0.3) is 10.8 Å². The minimum absolute atomic E-state index is 0.0183. The van der Waals surface area contributed by atoms with Gasteiger partial charge in [0.1, 0.15) is 0 Å². The fourth-order valence-corrected chi connectivity index (χ4v) is 3.34. The largest absolute Gasteiger partial charge is 0.448 e. The first-order valence-corrected chi connectivity index (χ1v) is 9.60. The third-order valence-electron chi connectivity index (χ3n) is 4.93. The molecule has 1 amide bonds. The summed E-state index contributed by atoms with van der Waals surface area (Å²) in [6.07, 6.45) is 6.74. The van der Waals surface area contributed by atoms with E-state index in [0.29, 0.717) is 17.3 Å². The second kappa shape index (κ2) is 8.82. The second-order valence-electron chi connectivity index (χ2n) is 7.02. The Kier molecular flexibility index (Phi) is 6.23. The van der Waals surface area contributed by atoms with Crippen molar-refractivity contribution in [2.75, 3.05) is 6.54 Å². The van der Waals surface area contributed by atoms with Gasteiger partial charge in [0.05, 0.1) is 5.39 Å². The zero-order valence-corrected chi connectivity index (χ0v) is 16.2. The monoisotopic (exact) mass is 383 g/mol. The predicted octanol–water partition coefficient (Wildman–Crippen LogP) is 2.49. The van der Waals surface area contributed by atoms with Crippen molar-refractivity contribution in [1.82, 2.24) is 15.1 Å². The lowest BCUT2D eigenvalue weighted by atomic mass is 9.97. The Labute approximate surface area is 163 Å². The fraction of sp³-hybridized carbons (Fsp3) is 0.429. The smallest absolute Gasteiger partial charge is 0.360 e. The highest BCUT2D eigenvalue weighted by molar-refractivity contribution is 6.02. The first kappa shape index (κ1) is 19.8. The van der Waals surface area contributed by atoms with E-state index >= 15 is 0 Å². The third-order valence-corrected chi connectivity index (χ3v) is 4.93. The molecule has 1 aromatic carbocycles. The normalized spacial score (nSPS) is 15.0. The molecule has 1 aromatic heterocycles. The van der Waals surface area contributed by atoms with E-state index in [1.165, 1.54) is 32.4 Å². The zero-order chi connectivity index (χ0) is 20.1. The number of amides is 1. The Morgan fingerprint density at radius 2 is 2.00 bits per heavy atom. The third kappa shape index (κ3) is 4.47. The topological polar surface area (TPSA) is 90.3 Å². The molecule has 7 heteroatoms. The molecule has 0 aliphatic heterocycles. The molecule has 2 aromatic rings. The summed E-state index contributed by atoms with van der Waals surface area (Å²) in [5, 5.41) is 7.63. The van der Waals surface area contributed by atoms with Gasteiger partial charge >= 0.3 is 5.97 Å². The summed E-state index contributed by atoms with van der Waals surface area (Å²) in [5.41, 5.74) is 1.09. The number of aromatic nitrogens is 2. The summed E-state index contributed by atoms with van der Waals surface area (Å²) in [5.74, 6) is -1.08. The number of hydrogen-bond acceptors (Lipinski definition) is 5.